The summed E-state index contributed by atoms with van der Waals surface area (Å²) in [6.07, 6.45) is 3.97. The highest BCUT2D eigenvalue weighted by molar-refractivity contribution is 5.77. The number of carboxylic acid groups (broad SMARTS) is 1. The lowest BCUT2D eigenvalue weighted by Gasteiger charge is -2.13. The second kappa shape index (κ2) is 8.08. The lowest BCUT2D eigenvalue weighted by atomic mass is 10.0. The Balaban J connectivity index is 2.16. The van der Waals surface area contributed by atoms with Crippen LogP contribution in [0, 0.1) is 11.8 Å². The Morgan fingerprint density at radius 2 is 2.28 bits per heavy atom. The van der Waals surface area contributed by atoms with Crippen molar-refractivity contribution < 1.29 is 14.7 Å². The van der Waals surface area contributed by atoms with Crippen molar-refractivity contribution >= 4 is 11.9 Å². The molecule has 0 bridgehead atoms. The van der Waals surface area contributed by atoms with Crippen molar-refractivity contribution in [1.82, 2.24) is 10.6 Å². The number of hydrogen-bond donors (Lipinski definition) is 3. The molecule has 2 atom stereocenters. The molecule has 1 rings (SSSR count). The molecule has 18 heavy (non-hydrogen) atoms. The second-order valence-corrected chi connectivity index (χ2v) is 5.03. The van der Waals surface area contributed by atoms with Gasteiger partial charge in [0.2, 0.25) is 5.91 Å². The molecular formula is C13H24N2O3. The van der Waals surface area contributed by atoms with E-state index >= 15 is 0 Å². The van der Waals surface area contributed by atoms with Gasteiger partial charge in [0.1, 0.15) is 0 Å². The van der Waals surface area contributed by atoms with Crippen LogP contribution in [-0.4, -0.2) is 36.6 Å². The van der Waals surface area contributed by atoms with Gasteiger partial charge in [-0.25, -0.2) is 0 Å². The highest BCUT2D eigenvalue weighted by Gasteiger charge is 2.18. The topological polar surface area (TPSA) is 78.4 Å². The molecule has 1 saturated heterocycles. The van der Waals surface area contributed by atoms with Gasteiger partial charge >= 0.3 is 5.97 Å². The third kappa shape index (κ3) is 5.49. The predicted octanol–water partition coefficient (Wildman–Crippen LogP) is 0.993. The quantitative estimate of drug-likeness (QED) is 0.605. The molecule has 0 radical (unpaired) electrons. The first kappa shape index (κ1) is 15.0. The third-order valence-corrected chi connectivity index (χ3v) is 3.47. The average molecular weight is 256 g/mol. The number of amides is 1. The minimum atomic E-state index is -0.822. The molecule has 1 fully saturated rings. The summed E-state index contributed by atoms with van der Waals surface area (Å²) < 4.78 is 0. The summed E-state index contributed by atoms with van der Waals surface area (Å²) in [6, 6.07) is 0. The smallest absolute Gasteiger partial charge is 0.308 e. The van der Waals surface area contributed by atoms with Crippen LogP contribution in [0.3, 0.4) is 0 Å². The van der Waals surface area contributed by atoms with Gasteiger partial charge in [-0.15, -0.1) is 0 Å². The first-order valence-electron chi connectivity index (χ1n) is 6.83. The maximum absolute atomic E-state index is 11.6. The molecule has 3 N–H and O–H groups in total. The van der Waals surface area contributed by atoms with Crippen molar-refractivity contribution in [3.05, 3.63) is 0 Å². The van der Waals surface area contributed by atoms with Crippen molar-refractivity contribution in [3.63, 3.8) is 0 Å². The zero-order valence-corrected chi connectivity index (χ0v) is 11.1. The van der Waals surface area contributed by atoms with Gasteiger partial charge in [-0.1, -0.05) is 13.3 Å². The van der Waals surface area contributed by atoms with Crippen LogP contribution in [-0.2, 0) is 9.59 Å². The van der Waals surface area contributed by atoms with Crippen LogP contribution >= 0.6 is 0 Å². The van der Waals surface area contributed by atoms with Crippen LogP contribution in [0.15, 0.2) is 0 Å². The Labute approximate surface area is 108 Å². The monoisotopic (exact) mass is 256 g/mol. The third-order valence-electron chi connectivity index (χ3n) is 3.47. The molecule has 1 aliphatic heterocycles. The summed E-state index contributed by atoms with van der Waals surface area (Å²) in [5.74, 6) is -0.699. The van der Waals surface area contributed by atoms with Gasteiger partial charge in [-0.2, -0.15) is 0 Å². The lowest BCUT2D eigenvalue weighted by molar-refractivity contribution is -0.141. The van der Waals surface area contributed by atoms with Gasteiger partial charge in [0.25, 0.3) is 0 Å². The van der Waals surface area contributed by atoms with E-state index in [2.05, 4.69) is 10.6 Å². The number of carbonyl (C=O) groups excluding carboxylic acids is 1. The molecule has 1 aliphatic rings. The van der Waals surface area contributed by atoms with E-state index in [0.29, 0.717) is 18.8 Å². The van der Waals surface area contributed by atoms with Crippen molar-refractivity contribution in [3.8, 4) is 0 Å². The van der Waals surface area contributed by atoms with Gasteiger partial charge < -0.3 is 15.7 Å². The van der Waals surface area contributed by atoms with E-state index in [4.69, 9.17) is 5.11 Å². The van der Waals surface area contributed by atoms with E-state index < -0.39 is 11.9 Å². The molecule has 0 aromatic carbocycles. The maximum atomic E-state index is 11.6. The number of carboxylic acids is 1. The molecule has 2 unspecified atom stereocenters. The maximum Gasteiger partial charge on any atom is 0.308 e. The van der Waals surface area contributed by atoms with Crippen molar-refractivity contribution in [2.45, 2.75) is 39.0 Å². The van der Waals surface area contributed by atoms with E-state index in [1.807, 2.05) is 6.92 Å². The number of nitrogens with one attached hydrogen (secondary N) is 2. The molecule has 5 heteroatoms. The predicted molar refractivity (Wildman–Crippen MR) is 69.3 cm³/mol. The standard InChI is InChI=1S/C13H24N2O3/c1-2-3-11(13(17)18)9-15-12(16)5-4-10-6-7-14-8-10/h10-11,14H,2-9H2,1H3,(H,15,16)(H,17,18). The molecular weight excluding hydrogens is 232 g/mol. The lowest BCUT2D eigenvalue weighted by Crippen LogP contribution is -2.33. The van der Waals surface area contributed by atoms with Crippen LogP contribution in [0.1, 0.15) is 39.0 Å². The highest BCUT2D eigenvalue weighted by Crippen LogP contribution is 2.14. The van der Waals surface area contributed by atoms with Crippen LogP contribution in [0.5, 0.6) is 0 Å². The van der Waals surface area contributed by atoms with Gasteiger partial charge in [-0.05, 0) is 38.3 Å². The van der Waals surface area contributed by atoms with Gasteiger partial charge in [-0.3, -0.25) is 9.59 Å². The van der Waals surface area contributed by atoms with E-state index in [0.717, 1.165) is 32.4 Å². The Bertz CT molecular complexity index is 275. The molecule has 1 heterocycles. The average Bonchev–Trinajstić information content (AvgIpc) is 2.84. The van der Waals surface area contributed by atoms with Gasteiger partial charge in [0, 0.05) is 13.0 Å². The summed E-state index contributed by atoms with van der Waals surface area (Å²) in [7, 11) is 0. The Morgan fingerprint density at radius 1 is 1.50 bits per heavy atom. The van der Waals surface area contributed by atoms with E-state index in [-0.39, 0.29) is 12.5 Å². The molecule has 104 valence electrons. The van der Waals surface area contributed by atoms with Crippen molar-refractivity contribution in [2.75, 3.05) is 19.6 Å². The molecule has 0 aromatic heterocycles. The fraction of sp³-hybridized carbons (Fsp3) is 0.846. The Morgan fingerprint density at radius 3 is 2.83 bits per heavy atom. The minimum absolute atomic E-state index is 0.0238. The molecule has 5 nitrogen and oxygen atoms in total. The Hall–Kier alpha value is -1.10. The molecule has 0 aliphatic carbocycles. The zero-order chi connectivity index (χ0) is 13.4. The zero-order valence-electron chi connectivity index (χ0n) is 11.1. The van der Waals surface area contributed by atoms with Crippen LogP contribution in [0.2, 0.25) is 0 Å². The minimum Gasteiger partial charge on any atom is -0.481 e. The molecule has 0 spiro atoms. The fourth-order valence-electron chi connectivity index (χ4n) is 2.28. The highest BCUT2D eigenvalue weighted by atomic mass is 16.4. The van der Waals surface area contributed by atoms with E-state index in [1.54, 1.807) is 0 Å². The summed E-state index contributed by atoms with van der Waals surface area (Å²) in [6.45, 7) is 4.25. The second-order valence-electron chi connectivity index (χ2n) is 5.03. The Kier molecular flexibility index (Phi) is 6.72. The molecule has 0 saturated carbocycles. The first-order chi connectivity index (χ1) is 8.63. The number of aliphatic carboxylic acids is 1. The number of rotatable bonds is 8. The summed E-state index contributed by atoms with van der Waals surface area (Å²) in [5, 5.41) is 15.0. The van der Waals surface area contributed by atoms with Gasteiger partial charge in [0.15, 0.2) is 0 Å². The number of hydrogen-bond acceptors (Lipinski definition) is 3. The van der Waals surface area contributed by atoms with Gasteiger partial charge in [0.05, 0.1) is 5.92 Å². The van der Waals surface area contributed by atoms with Crippen LogP contribution in [0.25, 0.3) is 0 Å². The summed E-state index contributed by atoms with van der Waals surface area (Å²) in [5.41, 5.74) is 0. The van der Waals surface area contributed by atoms with Crippen LogP contribution in [0.4, 0.5) is 0 Å². The summed E-state index contributed by atoms with van der Waals surface area (Å²) in [4.78, 5) is 22.5. The van der Waals surface area contributed by atoms with Crippen molar-refractivity contribution in [1.29, 1.82) is 0 Å². The first-order valence-corrected chi connectivity index (χ1v) is 6.83. The van der Waals surface area contributed by atoms with Crippen LogP contribution < -0.4 is 10.6 Å². The van der Waals surface area contributed by atoms with E-state index in [9.17, 15) is 9.59 Å². The largest absolute Gasteiger partial charge is 0.481 e. The SMILES string of the molecule is CCCC(CNC(=O)CCC1CCNC1)C(=O)O. The number of carbonyl (C=O) groups is 2. The van der Waals surface area contributed by atoms with Crippen molar-refractivity contribution in [2.24, 2.45) is 11.8 Å². The molecule has 0 aromatic rings. The fourth-order valence-corrected chi connectivity index (χ4v) is 2.28. The van der Waals surface area contributed by atoms with E-state index in [1.165, 1.54) is 0 Å². The summed E-state index contributed by atoms with van der Waals surface area (Å²) >= 11 is 0. The molecule has 1 amide bonds. The normalized spacial score (nSPS) is 20.6.